The first-order valence-corrected chi connectivity index (χ1v) is 6.35. The second-order valence-electron chi connectivity index (χ2n) is 6.42. The minimum absolute atomic E-state index is 0.0589. The summed E-state index contributed by atoms with van der Waals surface area (Å²) in [4.78, 5) is 2.39. The number of aliphatic hydroxyl groups excluding tert-OH is 2. The number of aliphatic hydroxyl groups is 2. The van der Waals surface area contributed by atoms with Crippen molar-refractivity contribution in [1.29, 1.82) is 0 Å². The molecule has 3 nitrogen and oxygen atoms in total. The van der Waals surface area contributed by atoms with Gasteiger partial charge in [-0.1, -0.05) is 20.8 Å². The van der Waals surface area contributed by atoms with E-state index in [0.717, 1.165) is 19.6 Å². The van der Waals surface area contributed by atoms with E-state index < -0.39 is 0 Å². The highest BCUT2D eigenvalue weighted by atomic mass is 16.3. The highest BCUT2D eigenvalue weighted by molar-refractivity contribution is 4.81. The standard InChI is InChI=1S/C13H27NO2/c1-12(2)5-4-7-14(8-6-12)9-13(3,10-15)11-16/h15-16H,4-11H2,1-3H3. The van der Waals surface area contributed by atoms with Crippen molar-refractivity contribution in [3.8, 4) is 0 Å². The molecule has 0 unspecified atom stereocenters. The second-order valence-corrected chi connectivity index (χ2v) is 6.42. The monoisotopic (exact) mass is 229 g/mol. The Labute approximate surface area is 99.5 Å². The third kappa shape index (κ3) is 4.04. The summed E-state index contributed by atoms with van der Waals surface area (Å²) in [6.45, 7) is 9.70. The Hall–Kier alpha value is -0.120. The summed E-state index contributed by atoms with van der Waals surface area (Å²) in [6, 6.07) is 0. The lowest BCUT2D eigenvalue weighted by Gasteiger charge is -2.32. The molecule has 0 aromatic carbocycles. The Morgan fingerprint density at radius 1 is 1.12 bits per heavy atom. The third-order valence-corrected chi connectivity index (χ3v) is 3.80. The van der Waals surface area contributed by atoms with Gasteiger partial charge in [0.05, 0.1) is 13.2 Å². The summed E-state index contributed by atoms with van der Waals surface area (Å²) < 4.78 is 0. The van der Waals surface area contributed by atoms with Crippen LogP contribution in [0.1, 0.15) is 40.0 Å². The van der Waals surface area contributed by atoms with E-state index in [0.29, 0.717) is 5.41 Å². The van der Waals surface area contributed by atoms with E-state index in [9.17, 15) is 10.2 Å². The minimum atomic E-state index is -0.353. The molecule has 1 rings (SSSR count). The third-order valence-electron chi connectivity index (χ3n) is 3.80. The molecule has 1 aliphatic heterocycles. The van der Waals surface area contributed by atoms with E-state index in [1.165, 1.54) is 19.3 Å². The molecule has 0 amide bonds. The molecule has 2 N–H and O–H groups in total. The zero-order chi connectivity index (χ0) is 12.2. The van der Waals surface area contributed by atoms with Crippen molar-refractivity contribution in [3.63, 3.8) is 0 Å². The van der Waals surface area contributed by atoms with Crippen LogP contribution in [0.5, 0.6) is 0 Å². The molecular weight excluding hydrogens is 202 g/mol. The molecule has 0 atom stereocenters. The molecule has 0 aliphatic carbocycles. The van der Waals surface area contributed by atoms with E-state index >= 15 is 0 Å². The fourth-order valence-electron chi connectivity index (χ4n) is 2.33. The van der Waals surface area contributed by atoms with Gasteiger partial charge in [-0.25, -0.2) is 0 Å². The molecule has 0 bridgehead atoms. The first-order valence-electron chi connectivity index (χ1n) is 6.35. The van der Waals surface area contributed by atoms with Gasteiger partial charge in [0.15, 0.2) is 0 Å². The lowest BCUT2D eigenvalue weighted by molar-refractivity contribution is 0.0353. The molecule has 1 aliphatic rings. The van der Waals surface area contributed by atoms with Gasteiger partial charge in [-0.3, -0.25) is 0 Å². The number of nitrogens with zero attached hydrogens (tertiary/aromatic N) is 1. The zero-order valence-electron chi connectivity index (χ0n) is 11.0. The summed E-state index contributed by atoms with van der Waals surface area (Å²) in [7, 11) is 0. The van der Waals surface area contributed by atoms with Gasteiger partial charge < -0.3 is 15.1 Å². The Morgan fingerprint density at radius 2 is 1.75 bits per heavy atom. The van der Waals surface area contributed by atoms with Crippen molar-refractivity contribution in [2.24, 2.45) is 10.8 Å². The second kappa shape index (κ2) is 5.48. The number of rotatable bonds is 4. The maximum atomic E-state index is 9.30. The van der Waals surface area contributed by atoms with Crippen LogP contribution in [0.3, 0.4) is 0 Å². The van der Waals surface area contributed by atoms with Crippen LogP contribution in [-0.2, 0) is 0 Å². The van der Waals surface area contributed by atoms with Crippen LogP contribution in [-0.4, -0.2) is 48.0 Å². The Balaban J connectivity index is 2.49. The van der Waals surface area contributed by atoms with E-state index in [-0.39, 0.29) is 18.6 Å². The minimum Gasteiger partial charge on any atom is -0.396 e. The van der Waals surface area contributed by atoms with Crippen molar-refractivity contribution in [3.05, 3.63) is 0 Å². The first-order chi connectivity index (χ1) is 7.41. The first kappa shape index (κ1) is 13.9. The predicted octanol–water partition coefficient (Wildman–Crippen LogP) is 1.49. The maximum Gasteiger partial charge on any atom is 0.0519 e. The van der Waals surface area contributed by atoms with Crippen molar-refractivity contribution in [2.45, 2.75) is 40.0 Å². The molecule has 0 spiro atoms. The van der Waals surface area contributed by atoms with Gasteiger partial charge in [-0.2, -0.15) is 0 Å². The Kier molecular flexibility index (Phi) is 4.77. The van der Waals surface area contributed by atoms with Crippen LogP contribution < -0.4 is 0 Å². The average Bonchev–Trinajstić information content (AvgIpc) is 2.40. The number of hydrogen-bond donors (Lipinski definition) is 2. The van der Waals surface area contributed by atoms with Crippen LogP contribution in [0, 0.1) is 10.8 Å². The molecule has 1 saturated heterocycles. The molecule has 1 fully saturated rings. The van der Waals surface area contributed by atoms with Crippen LogP contribution >= 0.6 is 0 Å². The molecule has 3 heteroatoms. The predicted molar refractivity (Wildman–Crippen MR) is 66.4 cm³/mol. The van der Waals surface area contributed by atoms with Crippen molar-refractivity contribution in [1.82, 2.24) is 4.90 Å². The van der Waals surface area contributed by atoms with E-state index in [1.807, 2.05) is 6.92 Å². The molecule has 16 heavy (non-hydrogen) atoms. The van der Waals surface area contributed by atoms with Gasteiger partial charge in [0.1, 0.15) is 0 Å². The fourth-order valence-corrected chi connectivity index (χ4v) is 2.33. The van der Waals surface area contributed by atoms with E-state index in [4.69, 9.17) is 0 Å². The smallest absolute Gasteiger partial charge is 0.0519 e. The van der Waals surface area contributed by atoms with Gasteiger partial charge >= 0.3 is 0 Å². The van der Waals surface area contributed by atoms with Gasteiger partial charge in [-0.05, 0) is 37.8 Å². The molecule has 0 aromatic heterocycles. The van der Waals surface area contributed by atoms with Crippen LogP contribution in [0.15, 0.2) is 0 Å². The summed E-state index contributed by atoms with van der Waals surface area (Å²) in [6.07, 6.45) is 3.71. The highest BCUT2D eigenvalue weighted by Crippen LogP contribution is 2.30. The molecular formula is C13H27NO2. The quantitative estimate of drug-likeness (QED) is 0.767. The Bertz CT molecular complexity index is 212. The lowest BCUT2D eigenvalue weighted by Crippen LogP contribution is -2.41. The molecule has 0 aromatic rings. The van der Waals surface area contributed by atoms with Crippen LogP contribution in [0.2, 0.25) is 0 Å². The zero-order valence-corrected chi connectivity index (χ0v) is 11.0. The van der Waals surface area contributed by atoms with E-state index in [1.54, 1.807) is 0 Å². The Morgan fingerprint density at radius 3 is 2.31 bits per heavy atom. The van der Waals surface area contributed by atoms with Crippen molar-refractivity contribution >= 4 is 0 Å². The normalized spacial score (nSPS) is 23.1. The maximum absolute atomic E-state index is 9.30. The molecule has 0 saturated carbocycles. The lowest BCUT2D eigenvalue weighted by atomic mass is 9.85. The van der Waals surface area contributed by atoms with E-state index in [2.05, 4.69) is 18.7 Å². The van der Waals surface area contributed by atoms with Crippen LogP contribution in [0.25, 0.3) is 0 Å². The van der Waals surface area contributed by atoms with Gasteiger partial charge in [0.25, 0.3) is 0 Å². The largest absolute Gasteiger partial charge is 0.396 e. The SMILES string of the molecule is CC1(C)CCCN(CC(C)(CO)CO)CC1. The molecule has 1 heterocycles. The molecule has 0 radical (unpaired) electrons. The van der Waals surface area contributed by atoms with Crippen molar-refractivity contribution in [2.75, 3.05) is 32.8 Å². The average molecular weight is 229 g/mol. The number of likely N-dealkylation sites (tertiary alicyclic amines) is 1. The fraction of sp³-hybridized carbons (Fsp3) is 1.00. The molecule has 96 valence electrons. The van der Waals surface area contributed by atoms with Crippen LogP contribution in [0.4, 0.5) is 0 Å². The summed E-state index contributed by atoms with van der Waals surface area (Å²) in [5.41, 5.74) is 0.0953. The highest BCUT2D eigenvalue weighted by Gasteiger charge is 2.29. The summed E-state index contributed by atoms with van der Waals surface area (Å²) in [5, 5.41) is 18.6. The van der Waals surface area contributed by atoms with Gasteiger partial charge in [0, 0.05) is 12.0 Å². The summed E-state index contributed by atoms with van der Waals surface area (Å²) >= 11 is 0. The topological polar surface area (TPSA) is 43.7 Å². The number of hydrogen-bond acceptors (Lipinski definition) is 3. The van der Waals surface area contributed by atoms with Gasteiger partial charge in [0.2, 0.25) is 0 Å². The summed E-state index contributed by atoms with van der Waals surface area (Å²) in [5.74, 6) is 0. The van der Waals surface area contributed by atoms with Gasteiger partial charge in [-0.15, -0.1) is 0 Å². The van der Waals surface area contributed by atoms with Crippen molar-refractivity contribution < 1.29 is 10.2 Å².